The molecule has 1 aromatic carbocycles. The number of nitrogen functional groups attached to an aromatic ring is 3. The highest BCUT2D eigenvalue weighted by molar-refractivity contribution is 6.35. The quantitative estimate of drug-likeness (QED) is 0.575. The molecule has 0 atom stereocenters. The summed E-state index contributed by atoms with van der Waals surface area (Å²) >= 11 is 6.05. The third kappa shape index (κ3) is 4.69. The molecule has 148 valence electrons. The molecule has 0 amide bonds. The summed E-state index contributed by atoms with van der Waals surface area (Å²) in [5, 5.41) is 17.9. The predicted octanol–water partition coefficient (Wildman–Crippen LogP) is 1.62. The van der Waals surface area contributed by atoms with Crippen LogP contribution < -0.4 is 22.8 Å². The third-order valence-electron chi connectivity index (χ3n) is 3.87. The highest BCUT2D eigenvalue weighted by Gasteiger charge is 2.11. The molecule has 0 unspecified atom stereocenters. The van der Waals surface area contributed by atoms with Gasteiger partial charge in [0.2, 0.25) is 5.95 Å². The van der Waals surface area contributed by atoms with Crippen molar-refractivity contribution in [2.45, 2.75) is 26.3 Å². The van der Waals surface area contributed by atoms with Crippen molar-refractivity contribution in [3.05, 3.63) is 45.0 Å². The summed E-state index contributed by atoms with van der Waals surface area (Å²) in [6.45, 7) is 2.29. The molecule has 29 heavy (non-hydrogen) atoms. The van der Waals surface area contributed by atoms with Gasteiger partial charge in [0, 0.05) is 13.0 Å². The van der Waals surface area contributed by atoms with Gasteiger partial charge in [-0.3, -0.25) is 9.36 Å². The lowest BCUT2D eigenvalue weighted by Gasteiger charge is -2.11. The van der Waals surface area contributed by atoms with Crippen molar-refractivity contribution >= 4 is 40.1 Å². The molecule has 6 N–H and O–H groups in total. The third-order valence-corrected chi connectivity index (χ3v) is 4.18. The Morgan fingerprint density at radius 1 is 1.14 bits per heavy atom. The number of nitrogens with zero attached hydrogens (tertiary/aromatic N) is 6. The lowest BCUT2D eigenvalue weighted by Crippen LogP contribution is -2.25. The molecule has 0 bridgehead atoms. The van der Waals surface area contributed by atoms with Gasteiger partial charge in [-0.25, -0.2) is 4.98 Å². The largest absolute Gasteiger partial charge is 0.382 e. The van der Waals surface area contributed by atoms with Gasteiger partial charge in [0.05, 0.1) is 28.4 Å². The van der Waals surface area contributed by atoms with Crippen LogP contribution >= 0.6 is 11.6 Å². The van der Waals surface area contributed by atoms with E-state index >= 15 is 0 Å². The van der Waals surface area contributed by atoms with Crippen LogP contribution in [0.4, 0.5) is 17.6 Å². The molecule has 0 aliphatic carbocycles. The van der Waals surface area contributed by atoms with Crippen LogP contribution in [0.5, 0.6) is 0 Å². The van der Waals surface area contributed by atoms with Crippen LogP contribution in [0.25, 0.3) is 10.9 Å². The highest BCUT2D eigenvalue weighted by atomic mass is 35.5. The maximum absolute atomic E-state index is 12.4. The van der Waals surface area contributed by atoms with Crippen LogP contribution in [-0.2, 0) is 13.0 Å². The first-order valence-corrected chi connectivity index (χ1v) is 8.85. The minimum Gasteiger partial charge on any atom is -0.382 e. The summed E-state index contributed by atoms with van der Waals surface area (Å²) in [5.74, 6) is 0.680. The standard InChI is InChI=1S/C13H12ClN3O.C5H6N6/c1-2-11-16-10-6-3-5-9(14)12(10)13(18)17(11)8-4-7-15;6-1-2-3(7)10-5(9)11-4(2)8/h3,5-6H,2,4,8H2,1H3;(H6,7,8,9,10,11). The molecular weight excluding hydrogens is 394 g/mol. The number of fused-ring (bicyclic) bond motifs is 1. The lowest BCUT2D eigenvalue weighted by molar-refractivity contribution is 0.633. The van der Waals surface area contributed by atoms with E-state index in [4.69, 9.17) is 39.3 Å². The number of nitrogens with two attached hydrogens (primary N) is 3. The summed E-state index contributed by atoms with van der Waals surface area (Å²) in [6, 6.07) is 9.02. The molecule has 11 heteroatoms. The molecule has 3 rings (SSSR count). The van der Waals surface area contributed by atoms with E-state index in [1.165, 1.54) is 4.57 Å². The van der Waals surface area contributed by atoms with E-state index in [9.17, 15) is 4.79 Å². The van der Waals surface area contributed by atoms with Gasteiger partial charge in [-0.15, -0.1) is 0 Å². The van der Waals surface area contributed by atoms with E-state index < -0.39 is 0 Å². The summed E-state index contributed by atoms with van der Waals surface area (Å²) in [6.07, 6.45) is 0.924. The van der Waals surface area contributed by atoms with Crippen LogP contribution in [-0.4, -0.2) is 19.5 Å². The average Bonchev–Trinajstić information content (AvgIpc) is 2.67. The Bertz CT molecular complexity index is 1170. The van der Waals surface area contributed by atoms with Gasteiger partial charge >= 0.3 is 0 Å². The number of aryl methyl sites for hydroxylation is 1. The SMILES string of the molecule is CCc1nc2cccc(Cl)c2c(=O)n1CCC#N.N#Cc1c(N)nc(N)nc1N. The second-order valence-electron chi connectivity index (χ2n) is 5.72. The molecule has 0 fully saturated rings. The molecule has 0 spiro atoms. The normalized spacial score (nSPS) is 9.93. The fourth-order valence-electron chi connectivity index (χ4n) is 2.56. The van der Waals surface area contributed by atoms with Gasteiger partial charge < -0.3 is 17.2 Å². The van der Waals surface area contributed by atoms with E-state index in [0.29, 0.717) is 34.7 Å². The molecule has 0 aliphatic heterocycles. The fraction of sp³-hybridized carbons (Fsp3) is 0.222. The van der Waals surface area contributed by atoms with Gasteiger partial charge in [-0.2, -0.15) is 20.5 Å². The Morgan fingerprint density at radius 2 is 1.79 bits per heavy atom. The van der Waals surface area contributed by atoms with Crippen molar-refractivity contribution in [1.29, 1.82) is 10.5 Å². The highest BCUT2D eigenvalue weighted by Crippen LogP contribution is 2.19. The Hall–Kier alpha value is -3.89. The number of aromatic nitrogens is 4. The topological polar surface area (TPSA) is 186 Å². The number of nitriles is 2. The van der Waals surface area contributed by atoms with Crippen molar-refractivity contribution in [1.82, 2.24) is 19.5 Å². The van der Waals surface area contributed by atoms with E-state index in [1.807, 2.05) is 13.0 Å². The Balaban J connectivity index is 0.000000234. The lowest BCUT2D eigenvalue weighted by atomic mass is 10.2. The molecular formula is C18H18ClN9O. The van der Waals surface area contributed by atoms with Crippen LogP contribution in [0.2, 0.25) is 5.02 Å². The van der Waals surface area contributed by atoms with E-state index in [2.05, 4.69) is 15.0 Å². The Kier molecular flexibility index (Phi) is 6.90. The number of hydrogen-bond donors (Lipinski definition) is 3. The smallest absolute Gasteiger partial charge is 0.262 e. The first kappa shape index (κ1) is 21.4. The van der Waals surface area contributed by atoms with Crippen LogP contribution in [0.1, 0.15) is 24.7 Å². The summed E-state index contributed by atoms with van der Waals surface area (Å²) in [4.78, 5) is 23.9. The first-order chi connectivity index (χ1) is 13.8. The van der Waals surface area contributed by atoms with Crippen LogP contribution in [0.3, 0.4) is 0 Å². The minimum absolute atomic E-state index is 0.0116. The molecule has 3 aromatic rings. The first-order valence-electron chi connectivity index (χ1n) is 8.47. The zero-order valence-corrected chi connectivity index (χ0v) is 16.3. The number of hydrogen-bond acceptors (Lipinski definition) is 9. The van der Waals surface area contributed by atoms with Gasteiger partial charge in [-0.05, 0) is 12.1 Å². The van der Waals surface area contributed by atoms with E-state index in [0.717, 1.165) is 0 Å². The molecule has 2 heterocycles. The minimum atomic E-state index is -0.169. The van der Waals surface area contributed by atoms with E-state index in [-0.39, 0.29) is 35.1 Å². The molecule has 0 saturated heterocycles. The van der Waals surface area contributed by atoms with Crippen molar-refractivity contribution in [2.75, 3.05) is 17.2 Å². The Labute approximate surface area is 171 Å². The maximum Gasteiger partial charge on any atom is 0.262 e. The van der Waals surface area contributed by atoms with Crippen molar-refractivity contribution in [3.8, 4) is 12.1 Å². The van der Waals surface area contributed by atoms with Gasteiger partial charge in [0.15, 0.2) is 0 Å². The second-order valence-corrected chi connectivity index (χ2v) is 6.13. The van der Waals surface area contributed by atoms with Gasteiger partial charge in [0.1, 0.15) is 29.1 Å². The van der Waals surface area contributed by atoms with Gasteiger partial charge in [-0.1, -0.05) is 24.6 Å². The fourth-order valence-corrected chi connectivity index (χ4v) is 2.81. The zero-order chi connectivity index (χ0) is 21.6. The summed E-state index contributed by atoms with van der Waals surface area (Å²) < 4.78 is 1.54. The summed E-state index contributed by atoms with van der Waals surface area (Å²) in [5.41, 5.74) is 16.3. The molecule has 0 saturated carbocycles. The molecule has 0 radical (unpaired) electrons. The monoisotopic (exact) mass is 411 g/mol. The number of halogens is 1. The maximum atomic E-state index is 12.4. The molecule has 0 aliphatic rings. The van der Waals surface area contributed by atoms with Crippen molar-refractivity contribution in [2.24, 2.45) is 0 Å². The Morgan fingerprint density at radius 3 is 2.34 bits per heavy atom. The van der Waals surface area contributed by atoms with Crippen LogP contribution in [0.15, 0.2) is 23.0 Å². The molecule has 10 nitrogen and oxygen atoms in total. The van der Waals surface area contributed by atoms with E-state index in [1.54, 1.807) is 24.3 Å². The predicted molar refractivity (Wildman–Crippen MR) is 111 cm³/mol. The summed E-state index contributed by atoms with van der Waals surface area (Å²) in [7, 11) is 0. The number of benzene rings is 1. The van der Waals surface area contributed by atoms with Crippen molar-refractivity contribution < 1.29 is 0 Å². The number of anilines is 3. The van der Waals surface area contributed by atoms with Gasteiger partial charge in [0.25, 0.3) is 5.56 Å². The average molecular weight is 412 g/mol. The second kappa shape index (κ2) is 9.35. The zero-order valence-electron chi connectivity index (χ0n) is 15.6. The van der Waals surface area contributed by atoms with Crippen molar-refractivity contribution in [3.63, 3.8) is 0 Å². The van der Waals surface area contributed by atoms with Crippen LogP contribution in [0, 0.1) is 22.7 Å². The molecule has 2 aromatic heterocycles. The number of rotatable bonds is 3.